The lowest BCUT2D eigenvalue weighted by atomic mass is 9.90. The summed E-state index contributed by atoms with van der Waals surface area (Å²) in [7, 11) is 0. The Kier molecular flexibility index (Phi) is 3.04. The maximum Gasteiger partial charge on any atom is 0.246 e. The van der Waals surface area contributed by atoms with Crippen LogP contribution >= 0.6 is 0 Å². The number of hydrogen-bond acceptors (Lipinski definition) is 2. The third kappa shape index (κ3) is 1.82. The molecule has 0 bridgehead atoms. The van der Waals surface area contributed by atoms with Crippen molar-refractivity contribution in [1.29, 1.82) is 0 Å². The van der Waals surface area contributed by atoms with Crippen molar-refractivity contribution < 1.29 is 9.59 Å². The first-order valence-electron chi connectivity index (χ1n) is 7.31. The summed E-state index contributed by atoms with van der Waals surface area (Å²) in [5.74, 6) is 0.846. The quantitative estimate of drug-likeness (QED) is 0.806. The molecule has 18 heavy (non-hydrogen) atoms. The maximum atomic E-state index is 12.2. The second-order valence-electron chi connectivity index (χ2n) is 6.08. The Balaban J connectivity index is 1.81. The normalized spacial score (nSPS) is 28.1. The molecule has 100 valence electrons. The maximum absolute atomic E-state index is 12.2. The topological polar surface area (TPSA) is 49.4 Å². The first-order valence-corrected chi connectivity index (χ1v) is 7.31. The number of amides is 2. The molecule has 1 aliphatic heterocycles. The summed E-state index contributed by atoms with van der Waals surface area (Å²) in [6.45, 7) is 1.01. The fourth-order valence-corrected chi connectivity index (χ4v) is 3.96. The van der Waals surface area contributed by atoms with Gasteiger partial charge >= 0.3 is 0 Å². The molecule has 3 fully saturated rings. The van der Waals surface area contributed by atoms with Crippen LogP contribution in [-0.4, -0.2) is 35.3 Å². The molecule has 0 aromatic rings. The van der Waals surface area contributed by atoms with Crippen LogP contribution in [0.25, 0.3) is 0 Å². The molecular formula is C14H22N2O2. The minimum atomic E-state index is -0.488. The number of carbonyl (C=O) groups is 2. The number of rotatable bonds is 2. The fourth-order valence-electron chi connectivity index (χ4n) is 3.96. The van der Waals surface area contributed by atoms with Crippen LogP contribution in [0, 0.1) is 5.92 Å². The Bertz CT molecular complexity index is 355. The van der Waals surface area contributed by atoms with Crippen molar-refractivity contribution in [2.45, 2.75) is 56.9 Å². The van der Waals surface area contributed by atoms with Gasteiger partial charge in [0.15, 0.2) is 0 Å². The lowest BCUT2D eigenvalue weighted by molar-refractivity contribution is -0.154. The summed E-state index contributed by atoms with van der Waals surface area (Å²) in [5, 5.41) is 2.79. The Morgan fingerprint density at radius 1 is 1.11 bits per heavy atom. The SMILES string of the molecule is O=C1CNC(=O)C2(CCCC2)N1CC1CCCC1. The second-order valence-corrected chi connectivity index (χ2v) is 6.08. The molecule has 1 heterocycles. The smallest absolute Gasteiger partial charge is 0.246 e. The Hall–Kier alpha value is -1.06. The highest BCUT2D eigenvalue weighted by atomic mass is 16.2. The molecule has 0 radical (unpaired) electrons. The van der Waals surface area contributed by atoms with Crippen molar-refractivity contribution in [1.82, 2.24) is 10.2 Å². The van der Waals surface area contributed by atoms with Gasteiger partial charge in [-0.25, -0.2) is 0 Å². The van der Waals surface area contributed by atoms with Crippen LogP contribution in [-0.2, 0) is 9.59 Å². The largest absolute Gasteiger partial charge is 0.345 e. The fraction of sp³-hybridized carbons (Fsp3) is 0.857. The minimum Gasteiger partial charge on any atom is -0.345 e. The molecule has 2 aliphatic carbocycles. The summed E-state index contributed by atoms with van der Waals surface area (Å²) in [5.41, 5.74) is -0.488. The van der Waals surface area contributed by atoms with E-state index in [2.05, 4.69) is 5.32 Å². The Morgan fingerprint density at radius 3 is 2.44 bits per heavy atom. The van der Waals surface area contributed by atoms with E-state index in [1.165, 1.54) is 25.7 Å². The van der Waals surface area contributed by atoms with Crippen molar-refractivity contribution in [3.63, 3.8) is 0 Å². The van der Waals surface area contributed by atoms with Gasteiger partial charge in [0.1, 0.15) is 5.54 Å². The highest BCUT2D eigenvalue weighted by molar-refractivity contribution is 5.98. The van der Waals surface area contributed by atoms with E-state index in [0.717, 1.165) is 32.2 Å². The van der Waals surface area contributed by atoms with Gasteiger partial charge in [-0.1, -0.05) is 25.7 Å². The summed E-state index contributed by atoms with van der Waals surface area (Å²) < 4.78 is 0. The standard InChI is InChI=1S/C14H22N2O2/c17-12-9-15-13(18)14(7-3-4-8-14)16(12)10-11-5-1-2-6-11/h11H,1-10H2,(H,15,18). The zero-order chi connectivity index (χ0) is 12.6. The van der Waals surface area contributed by atoms with Gasteiger partial charge in [0, 0.05) is 6.54 Å². The van der Waals surface area contributed by atoms with E-state index < -0.39 is 5.54 Å². The highest BCUT2D eigenvalue weighted by Crippen LogP contribution is 2.39. The van der Waals surface area contributed by atoms with E-state index in [9.17, 15) is 9.59 Å². The second kappa shape index (κ2) is 4.56. The third-order valence-electron chi connectivity index (χ3n) is 4.99. The van der Waals surface area contributed by atoms with E-state index >= 15 is 0 Å². The highest BCUT2D eigenvalue weighted by Gasteiger charge is 2.51. The van der Waals surface area contributed by atoms with E-state index in [1.54, 1.807) is 0 Å². The third-order valence-corrected chi connectivity index (χ3v) is 4.99. The first kappa shape index (κ1) is 12.0. The van der Waals surface area contributed by atoms with Crippen LogP contribution < -0.4 is 5.32 Å². The minimum absolute atomic E-state index is 0.0950. The van der Waals surface area contributed by atoms with Gasteiger partial charge in [-0.3, -0.25) is 9.59 Å². The molecule has 0 unspecified atom stereocenters. The van der Waals surface area contributed by atoms with Crippen molar-refractivity contribution in [3.05, 3.63) is 0 Å². The van der Waals surface area contributed by atoms with Crippen LogP contribution in [0.2, 0.25) is 0 Å². The number of nitrogens with zero attached hydrogens (tertiary/aromatic N) is 1. The van der Waals surface area contributed by atoms with E-state index in [1.807, 2.05) is 4.90 Å². The van der Waals surface area contributed by atoms with Gasteiger partial charge in [0.25, 0.3) is 0 Å². The molecule has 0 aromatic heterocycles. The number of hydrogen-bond donors (Lipinski definition) is 1. The predicted octanol–water partition coefficient (Wildman–Crippen LogP) is 1.45. The Morgan fingerprint density at radius 2 is 1.78 bits per heavy atom. The monoisotopic (exact) mass is 250 g/mol. The lowest BCUT2D eigenvalue weighted by Crippen LogP contribution is -2.66. The molecular weight excluding hydrogens is 228 g/mol. The van der Waals surface area contributed by atoms with Crippen LogP contribution in [0.5, 0.6) is 0 Å². The summed E-state index contributed by atoms with van der Waals surface area (Å²) in [6.07, 6.45) is 8.87. The van der Waals surface area contributed by atoms with Gasteiger partial charge in [-0.15, -0.1) is 0 Å². The Labute approximate surface area is 108 Å². The predicted molar refractivity (Wildman–Crippen MR) is 67.9 cm³/mol. The first-order chi connectivity index (χ1) is 8.72. The molecule has 2 saturated carbocycles. The molecule has 4 nitrogen and oxygen atoms in total. The van der Waals surface area contributed by atoms with E-state index in [0.29, 0.717) is 5.92 Å². The van der Waals surface area contributed by atoms with Gasteiger partial charge in [0.2, 0.25) is 11.8 Å². The van der Waals surface area contributed by atoms with Gasteiger partial charge in [0.05, 0.1) is 6.54 Å². The number of piperazine rings is 1. The van der Waals surface area contributed by atoms with Crippen LogP contribution in [0.1, 0.15) is 51.4 Å². The summed E-state index contributed by atoms with van der Waals surface area (Å²) in [4.78, 5) is 26.4. The van der Waals surface area contributed by atoms with Crippen LogP contribution in [0.3, 0.4) is 0 Å². The van der Waals surface area contributed by atoms with Crippen LogP contribution in [0.15, 0.2) is 0 Å². The van der Waals surface area contributed by atoms with Gasteiger partial charge in [-0.2, -0.15) is 0 Å². The average Bonchev–Trinajstić information content (AvgIpc) is 3.02. The summed E-state index contributed by atoms with van der Waals surface area (Å²) >= 11 is 0. The molecule has 1 spiro atoms. The lowest BCUT2D eigenvalue weighted by Gasteiger charge is -2.44. The molecule has 4 heteroatoms. The van der Waals surface area contributed by atoms with E-state index in [-0.39, 0.29) is 18.4 Å². The zero-order valence-electron chi connectivity index (χ0n) is 10.9. The molecule has 1 saturated heterocycles. The van der Waals surface area contributed by atoms with Crippen molar-refractivity contribution in [2.75, 3.05) is 13.1 Å². The van der Waals surface area contributed by atoms with Crippen molar-refractivity contribution in [2.24, 2.45) is 5.92 Å². The molecule has 1 N–H and O–H groups in total. The number of nitrogens with one attached hydrogen (secondary N) is 1. The molecule has 3 aliphatic rings. The van der Waals surface area contributed by atoms with Crippen molar-refractivity contribution in [3.8, 4) is 0 Å². The number of carbonyl (C=O) groups excluding carboxylic acids is 2. The molecule has 0 atom stereocenters. The zero-order valence-corrected chi connectivity index (χ0v) is 10.9. The van der Waals surface area contributed by atoms with E-state index in [4.69, 9.17) is 0 Å². The molecule has 3 rings (SSSR count). The van der Waals surface area contributed by atoms with Crippen LogP contribution in [0.4, 0.5) is 0 Å². The van der Waals surface area contributed by atoms with Gasteiger partial charge < -0.3 is 10.2 Å². The van der Waals surface area contributed by atoms with Gasteiger partial charge in [-0.05, 0) is 31.6 Å². The van der Waals surface area contributed by atoms with Crippen molar-refractivity contribution >= 4 is 11.8 Å². The molecule has 2 amide bonds. The average molecular weight is 250 g/mol. The summed E-state index contributed by atoms with van der Waals surface area (Å²) in [6, 6.07) is 0. The molecule has 0 aromatic carbocycles.